The Hall–Kier alpha value is -1.24. The second kappa shape index (κ2) is 2.13. The first kappa shape index (κ1) is 7.41. The van der Waals surface area contributed by atoms with E-state index in [-0.39, 0.29) is 5.75 Å². The van der Waals surface area contributed by atoms with E-state index in [1.165, 1.54) is 17.2 Å². The molecule has 1 aromatic heterocycles. The van der Waals surface area contributed by atoms with Gasteiger partial charge in [-0.1, -0.05) is 0 Å². The zero-order chi connectivity index (χ0) is 8.77. The highest BCUT2D eigenvalue weighted by Gasteiger charge is 2.21. The van der Waals surface area contributed by atoms with Crippen molar-refractivity contribution in [1.29, 1.82) is 0 Å². The van der Waals surface area contributed by atoms with Crippen LogP contribution in [-0.2, 0) is 15.5 Å². The molecule has 6 nitrogen and oxygen atoms in total. The van der Waals surface area contributed by atoms with E-state index in [1.54, 1.807) is 0 Å². The third kappa shape index (κ3) is 1.02. The summed E-state index contributed by atoms with van der Waals surface area (Å²) in [6, 6.07) is -0.547. The lowest BCUT2D eigenvalue weighted by molar-refractivity contribution is 0.250. The van der Waals surface area contributed by atoms with E-state index >= 15 is 0 Å². The molecule has 1 amide bonds. The van der Waals surface area contributed by atoms with Crippen molar-refractivity contribution >= 4 is 15.8 Å². The van der Waals surface area contributed by atoms with E-state index in [0.29, 0.717) is 5.82 Å². The molecule has 64 valence electrons. The molecule has 0 radical (unpaired) electrons. The van der Waals surface area contributed by atoms with Gasteiger partial charge >= 0.3 is 6.03 Å². The molecule has 7 heteroatoms. The van der Waals surface area contributed by atoms with Gasteiger partial charge in [-0.25, -0.2) is 13.6 Å². The van der Waals surface area contributed by atoms with Crippen LogP contribution in [0.2, 0.25) is 0 Å². The molecule has 0 bridgehead atoms. The van der Waals surface area contributed by atoms with Crippen molar-refractivity contribution in [2.24, 2.45) is 4.36 Å². The fourth-order valence-corrected chi connectivity index (χ4v) is 2.16. The molecular weight excluding hydrogens is 180 g/mol. The molecule has 12 heavy (non-hydrogen) atoms. The molecule has 0 N–H and O–H groups in total. The van der Waals surface area contributed by atoms with Gasteiger partial charge in [0.25, 0.3) is 0 Å². The molecule has 1 atom stereocenters. The topological polar surface area (TPSA) is 77.2 Å². The van der Waals surface area contributed by atoms with E-state index in [9.17, 15) is 9.00 Å². The van der Waals surface area contributed by atoms with Gasteiger partial charge in [0.2, 0.25) is 0 Å². The maximum Gasteiger partial charge on any atom is 0.362 e. The number of hydrogen-bond acceptors (Lipinski definition) is 4. The Morgan fingerprint density at radius 2 is 2.42 bits per heavy atom. The standard InChI is InChI=1S/C5H6N4O2S/c1-12(11)2-4-7-6-3-9(4)5(10)8-12/h3H,2H2,1H3. The molecule has 0 spiro atoms. The average Bonchev–Trinajstić information content (AvgIpc) is 2.31. The molecule has 0 saturated carbocycles. The van der Waals surface area contributed by atoms with Crippen LogP contribution in [0.25, 0.3) is 0 Å². The highest BCUT2D eigenvalue weighted by atomic mass is 32.2. The summed E-state index contributed by atoms with van der Waals surface area (Å²) in [5.41, 5.74) is 0. The molecule has 1 aliphatic rings. The van der Waals surface area contributed by atoms with E-state index in [2.05, 4.69) is 14.6 Å². The molecule has 1 aromatic rings. The van der Waals surface area contributed by atoms with Gasteiger partial charge < -0.3 is 0 Å². The molecule has 2 heterocycles. The van der Waals surface area contributed by atoms with Crippen LogP contribution in [0.15, 0.2) is 10.7 Å². The van der Waals surface area contributed by atoms with Gasteiger partial charge in [-0.05, 0) is 0 Å². The van der Waals surface area contributed by atoms with Crippen molar-refractivity contribution in [1.82, 2.24) is 14.8 Å². The molecule has 0 aliphatic carbocycles. The number of hydrogen-bond donors (Lipinski definition) is 0. The van der Waals surface area contributed by atoms with Crippen molar-refractivity contribution in [3.63, 3.8) is 0 Å². The van der Waals surface area contributed by atoms with Crippen LogP contribution in [0, 0.1) is 0 Å². The zero-order valence-electron chi connectivity index (χ0n) is 6.30. The molecule has 0 aromatic carbocycles. The molecule has 0 fully saturated rings. The van der Waals surface area contributed by atoms with Crippen molar-refractivity contribution in [2.45, 2.75) is 5.75 Å². The number of aromatic nitrogens is 3. The highest BCUT2D eigenvalue weighted by molar-refractivity contribution is 7.92. The Kier molecular flexibility index (Phi) is 1.31. The van der Waals surface area contributed by atoms with Crippen molar-refractivity contribution in [2.75, 3.05) is 6.26 Å². The second-order valence-corrected chi connectivity index (χ2v) is 4.98. The maximum atomic E-state index is 11.4. The summed E-state index contributed by atoms with van der Waals surface area (Å²) >= 11 is 0. The predicted molar refractivity (Wildman–Crippen MR) is 41.0 cm³/mol. The summed E-state index contributed by atoms with van der Waals surface area (Å²) in [5, 5.41) is 7.18. The van der Waals surface area contributed by atoms with Crippen LogP contribution in [0.3, 0.4) is 0 Å². The number of rotatable bonds is 0. The second-order valence-electron chi connectivity index (χ2n) is 2.59. The Bertz CT molecular complexity index is 454. The number of carbonyl (C=O) groups excluding carboxylic acids is 1. The van der Waals surface area contributed by atoms with Gasteiger partial charge in [-0.3, -0.25) is 0 Å². The Morgan fingerprint density at radius 1 is 1.67 bits per heavy atom. The van der Waals surface area contributed by atoms with Crippen LogP contribution in [0.1, 0.15) is 5.82 Å². The van der Waals surface area contributed by atoms with Gasteiger partial charge in [0.05, 0.1) is 15.5 Å². The van der Waals surface area contributed by atoms with E-state index in [0.717, 1.165) is 0 Å². The fourth-order valence-electron chi connectivity index (χ4n) is 0.998. The highest BCUT2D eigenvalue weighted by Crippen LogP contribution is 2.11. The maximum absolute atomic E-state index is 11.4. The number of fused-ring (bicyclic) bond motifs is 1. The van der Waals surface area contributed by atoms with Gasteiger partial charge in [0.1, 0.15) is 6.33 Å². The van der Waals surface area contributed by atoms with Crippen LogP contribution < -0.4 is 0 Å². The molecule has 0 saturated heterocycles. The predicted octanol–water partition coefficient (Wildman–Crippen LogP) is -0.142. The number of amides is 1. The first-order chi connectivity index (χ1) is 5.58. The molecular formula is C5H6N4O2S. The third-order valence-electron chi connectivity index (χ3n) is 1.49. The molecule has 1 unspecified atom stereocenters. The minimum atomic E-state index is -2.41. The van der Waals surface area contributed by atoms with E-state index in [1.807, 2.05) is 0 Å². The lowest BCUT2D eigenvalue weighted by Gasteiger charge is -2.09. The summed E-state index contributed by atoms with van der Waals surface area (Å²) in [4.78, 5) is 11.1. The Morgan fingerprint density at radius 3 is 3.17 bits per heavy atom. The van der Waals surface area contributed by atoms with Crippen molar-refractivity contribution in [3.05, 3.63) is 12.2 Å². The minimum absolute atomic E-state index is 0.193. The Balaban J connectivity index is 2.65. The van der Waals surface area contributed by atoms with Crippen LogP contribution in [-0.4, -0.2) is 31.3 Å². The summed E-state index contributed by atoms with van der Waals surface area (Å²) in [6.07, 6.45) is 2.71. The summed E-state index contributed by atoms with van der Waals surface area (Å²) in [5.74, 6) is 0.612. The van der Waals surface area contributed by atoms with Gasteiger partial charge in [0, 0.05) is 6.26 Å². The quantitative estimate of drug-likeness (QED) is 0.565. The minimum Gasteiger partial charge on any atom is -0.249 e. The normalized spacial score (nSPS) is 27.9. The SMILES string of the molecule is CS1(=O)=NC(=O)n2cnnc2C1. The number of carbonyl (C=O) groups is 1. The summed E-state index contributed by atoms with van der Waals surface area (Å²) < 4.78 is 16.1. The van der Waals surface area contributed by atoms with Crippen LogP contribution in [0.4, 0.5) is 4.79 Å². The smallest absolute Gasteiger partial charge is 0.249 e. The zero-order valence-corrected chi connectivity index (χ0v) is 7.11. The van der Waals surface area contributed by atoms with Crippen LogP contribution >= 0.6 is 0 Å². The van der Waals surface area contributed by atoms with Crippen molar-refractivity contribution in [3.8, 4) is 0 Å². The Labute approximate surface area is 68.8 Å². The van der Waals surface area contributed by atoms with Gasteiger partial charge in [-0.15, -0.1) is 14.6 Å². The van der Waals surface area contributed by atoms with E-state index in [4.69, 9.17) is 0 Å². The lowest BCUT2D eigenvalue weighted by Crippen LogP contribution is -2.20. The monoisotopic (exact) mass is 186 g/mol. The first-order valence-corrected chi connectivity index (χ1v) is 5.31. The van der Waals surface area contributed by atoms with Gasteiger partial charge in [-0.2, -0.15) is 0 Å². The fraction of sp³-hybridized carbons (Fsp3) is 0.400. The first-order valence-electron chi connectivity index (χ1n) is 3.21. The summed E-state index contributed by atoms with van der Waals surface area (Å²) in [7, 11) is -2.41. The molecule has 1 aliphatic heterocycles. The van der Waals surface area contributed by atoms with E-state index < -0.39 is 15.8 Å². The van der Waals surface area contributed by atoms with Crippen LogP contribution in [0.5, 0.6) is 0 Å². The average molecular weight is 186 g/mol. The summed E-state index contributed by atoms with van der Waals surface area (Å²) in [6.45, 7) is 0. The third-order valence-corrected chi connectivity index (χ3v) is 2.83. The number of nitrogens with zero attached hydrogens (tertiary/aromatic N) is 4. The lowest BCUT2D eigenvalue weighted by atomic mass is 10.7. The molecule has 2 rings (SSSR count). The van der Waals surface area contributed by atoms with Gasteiger partial charge in [0.15, 0.2) is 5.82 Å². The largest absolute Gasteiger partial charge is 0.362 e. The van der Waals surface area contributed by atoms with Crippen molar-refractivity contribution < 1.29 is 9.00 Å².